The minimum absolute atomic E-state index is 0.00208. The molecule has 0 radical (unpaired) electrons. The topological polar surface area (TPSA) is 118 Å². The highest BCUT2D eigenvalue weighted by Crippen LogP contribution is 2.27. The van der Waals surface area contributed by atoms with E-state index >= 15 is 0 Å². The fourth-order valence-electron chi connectivity index (χ4n) is 2.73. The van der Waals surface area contributed by atoms with Crippen molar-refractivity contribution >= 4 is 23.4 Å². The van der Waals surface area contributed by atoms with E-state index in [9.17, 15) is 20.0 Å². The average Bonchev–Trinajstić information content (AvgIpc) is 3.16. The Morgan fingerprint density at radius 3 is 2.61 bits per heavy atom. The van der Waals surface area contributed by atoms with E-state index < -0.39 is 18.4 Å². The lowest BCUT2D eigenvalue weighted by molar-refractivity contribution is 0.0583. The fraction of sp³-hybridized carbons (Fsp3) is 0.105. The third-order valence-corrected chi connectivity index (χ3v) is 4.32. The lowest BCUT2D eigenvalue weighted by Gasteiger charge is -2.15. The first kappa shape index (κ1) is 19.2. The van der Waals surface area contributed by atoms with Crippen LogP contribution in [0.2, 0.25) is 5.02 Å². The second kappa shape index (κ2) is 8.00. The fourth-order valence-corrected chi connectivity index (χ4v) is 2.96. The monoisotopic (exact) mass is 396 g/mol. The summed E-state index contributed by atoms with van der Waals surface area (Å²) in [7, 11) is 1.17. The van der Waals surface area contributed by atoms with Crippen LogP contribution < -0.4 is 0 Å². The van der Waals surface area contributed by atoms with Gasteiger partial charge in [-0.1, -0.05) is 29.8 Å². The van der Waals surface area contributed by atoms with Crippen molar-refractivity contribution in [2.75, 3.05) is 7.11 Å². The van der Waals surface area contributed by atoms with Gasteiger partial charge in [0.15, 0.2) is 11.6 Å². The van der Waals surface area contributed by atoms with Crippen LogP contribution in [0.1, 0.15) is 37.9 Å². The summed E-state index contributed by atoms with van der Waals surface area (Å²) in [5.41, 5.74) is 0.401. The molecule has 3 rings (SSSR count). The standard InChI is InChI=1S/C19H13ClN4O4/c1-28-19(27)18-23-22-15(10-25)24(18)14-8-4-5-11(9-21)16(14)17(26)12-6-2-3-7-13(12)20/h2-8,25H,10H2,1H3. The summed E-state index contributed by atoms with van der Waals surface area (Å²) in [6.07, 6.45) is 0. The van der Waals surface area contributed by atoms with Crippen LogP contribution in [0.4, 0.5) is 0 Å². The minimum atomic E-state index is -0.814. The number of carbonyl (C=O) groups is 2. The van der Waals surface area contributed by atoms with Gasteiger partial charge in [-0.25, -0.2) is 4.79 Å². The average molecular weight is 397 g/mol. The Morgan fingerprint density at radius 2 is 1.96 bits per heavy atom. The number of aliphatic hydroxyl groups is 1. The highest BCUT2D eigenvalue weighted by molar-refractivity contribution is 6.35. The molecule has 0 aliphatic rings. The van der Waals surface area contributed by atoms with Crippen LogP contribution in [-0.2, 0) is 11.3 Å². The number of aromatic nitrogens is 3. The number of nitriles is 1. The van der Waals surface area contributed by atoms with Crippen LogP contribution in [0.3, 0.4) is 0 Å². The summed E-state index contributed by atoms with van der Waals surface area (Å²) in [5.74, 6) is -1.57. The van der Waals surface area contributed by atoms with Gasteiger partial charge >= 0.3 is 5.97 Å². The second-order valence-corrected chi connectivity index (χ2v) is 5.95. The molecule has 0 aliphatic carbocycles. The molecule has 1 aromatic heterocycles. The molecule has 28 heavy (non-hydrogen) atoms. The lowest BCUT2D eigenvalue weighted by Crippen LogP contribution is -2.17. The Hall–Kier alpha value is -3.54. The molecule has 3 aromatic rings. The van der Waals surface area contributed by atoms with E-state index in [1.54, 1.807) is 24.3 Å². The van der Waals surface area contributed by atoms with Crippen molar-refractivity contribution in [2.45, 2.75) is 6.61 Å². The quantitative estimate of drug-likeness (QED) is 0.519. The first-order chi connectivity index (χ1) is 13.5. The molecular weight excluding hydrogens is 384 g/mol. The van der Waals surface area contributed by atoms with Gasteiger partial charge in [-0.05, 0) is 24.3 Å². The van der Waals surface area contributed by atoms with Crippen LogP contribution in [0, 0.1) is 11.3 Å². The van der Waals surface area contributed by atoms with Crippen molar-refractivity contribution in [1.82, 2.24) is 14.8 Å². The first-order valence-electron chi connectivity index (χ1n) is 7.99. The van der Waals surface area contributed by atoms with Gasteiger partial charge in [0.1, 0.15) is 6.61 Å². The molecular formula is C19H13ClN4O4. The van der Waals surface area contributed by atoms with E-state index in [0.29, 0.717) is 0 Å². The number of methoxy groups -OCH3 is 1. The molecule has 1 heterocycles. The number of aliphatic hydroxyl groups excluding tert-OH is 1. The Balaban J connectivity index is 2.33. The van der Waals surface area contributed by atoms with Crippen molar-refractivity contribution in [3.8, 4) is 11.8 Å². The summed E-state index contributed by atoms with van der Waals surface area (Å²) >= 11 is 6.16. The van der Waals surface area contributed by atoms with E-state index in [1.165, 1.54) is 29.9 Å². The van der Waals surface area contributed by atoms with Gasteiger partial charge in [0.05, 0.1) is 35.0 Å². The number of hydrogen-bond acceptors (Lipinski definition) is 7. The highest BCUT2D eigenvalue weighted by Gasteiger charge is 2.27. The van der Waals surface area contributed by atoms with Crippen LogP contribution in [0.15, 0.2) is 42.5 Å². The predicted octanol–water partition coefficient (Wildman–Crippen LogP) is 2.30. The molecule has 0 fully saturated rings. The second-order valence-electron chi connectivity index (χ2n) is 5.55. The molecule has 1 N–H and O–H groups in total. The van der Waals surface area contributed by atoms with E-state index in [2.05, 4.69) is 10.2 Å². The van der Waals surface area contributed by atoms with Crippen LogP contribution in [-0.4, -0.2) is 38.7 Å². The Kier molecular flexibility index (Phi) is 5.49. The molecule has 0 saturated carbocycles. The molecule has 2 aromatic carbocycles. The number of halogens is 1. The largest absolute Gasteiger partial charge is 0.463 e. The molecule has 9 heteroatoms. The maximum absolute atomic E-state index is 13.2. The number of nitrogens with zero attached hydrogens (tertiary/aromatic N) is 4. The molecule has 8 nitrogen and oxygen atoms in total. The maximum atomic E-state index is 13.2. The van der Waals surface area contributed by atoms with E-state index in [0.717, 1.165) is 0 Å². The van der Waals surface area contributed by atoms with Gasteiger partial charge in [0.2, 0.25) is 5.82 Å². The van der Waals surface area contributed by atoms with Gasteiger partial charge < -0.3 is 9.84 Å². The molecule has 140 valence electrons. The van der Waals surface area contributed by atoms with Gasteiger partial charge in [0, 0.05) is 5.56 Å². The molecule has 0 bridgehead atoms. The molecule has 0 spiro atoms. The molecule has 0 atom stereocenters. The van der Waals surface area contributed by atoms with Gasteiger partial charge in [0.25, 0.3) is 0 Å². The summed E-state index contributed by atoms with van der Waals surface area (Å²) < 4.78 is 5.89. The number of ether oxygens (including phenoxy) is 1. The molecule has 0 saturated heterocycles. The van der Waals surface area contributed by atoms with Gasteiger partial charge in [-0.3, -0.25) is 9.36 Å². The number of hydrogen-bond donors (Lipinski definition) is 1. The van der Waals surface area contributed by atoms with E-state index in [4.69, 9.17) is 16.3 Å². The highest BCUT2D eigenvalue weighted by atomic mass is 35.5. The number of ketones is 1. The number of benzene rings is 2. The number of carbonyl (C=O) groups excluding carboxylic acids is 2. The zero-order valence-corrected chi connectivity index (χ0v) is 15.3. The van der Waals surface area contributed by atoms with Crippen molar-refractivity contribution in [3.05, 3.63) is 75.8 Å². The SMILES string of the molecule is COC(=O)c1nnc(CO)n1-c1cccc(C#N)c1C(=O)c1ccccc1Cl. The Morgan fingerprint density at radius 1 is 1.21 bits per heavy atom. The summed E-state index contributed by atoms with van der Waals surface area (Å²) in [6, 6.07) is 12.9. The zero-order valence-electron chi connectivity index (χ0n) is 14.6. The first-order valence-corrected chi connectivity index (χ1v) is 8.37. The third kappa shape index (κ3) is 3.24. The summed E-state index contributed by atoms with van der Waals surface area (Å²) in [6.45, 7) is -0.555. The summed E-state index contributed by atoms with van der Waals surface area (Å²) in [5, 5.41) is 26.9. The molecule has 0 unspecified atom stereocenters. The van der Waals surface area contributed by atoms with Crippen molar-refractivity contribution in [1.29, 1.82) is 5.26 Å². The van der Waals surface area contributed by atoms with Crippen molar-refractivity contribution in [2.24, 2.45) is 0 Å². The predicted molar refractivity (Wildman–Crippen MR) is 98.2 cm³/mol. The van der Waals surface area contributed by atoms with E-state index in [1.807, 2.05) is 6.07 Å². The maximum Gasteiger partial charge on any atom is 0.376 e. The van der Waals surface area contributed by atoms with Crippen LogP contribution >= 0.6 is 11.6 Å². The van der Waals surface area contributed by atoms with Gasteiger partial charge in [-0.2, -0.15) is 5.26 Å². The third-order valence-electron chi connectivity index (χ3n) is 3.99. The van der Waals surface area contributed by atoms with Crippen molar-refractivity contribution in [3.63, 3.8) is 0 Å². The van der Waals surface area contributed by atoms with Gasteiger partial charge in [-0.15, -0.1) is 10.2 Å². The summed E-state index contributed by atoms with van der Waals surface area (Å²) in [4.78, 5) is 25.3. The number of rotatable bonds is 5. The normalized spacial score (nSPS) is 10.4. The van der Waals surface area contributed by atoms with E-state index in [-0.39, 0.29) is 39.0 Å². The molecule has 0 amide bonds. The minimum Gasteiger partial charge on any atom is -0.463 e. The Bertz CT molecular complexity index is 1120. The van der Waals surface area contributed by atoms with Crippen molar-refractivity contribution < 1.29 is 19.4 Å². The number of esters is 1. The Labute approximate surface area is 164 Å². The molecule has 0 aliphatic heterocycles. The lowest BCUT2D eigenvalue weighted by atomic mass is 9.96. The zero-order chi connectivity index (χ0) is 20.3. The van der Waals surface area contributed by atoms with Crippen LogP contribution in [0.5, 0.6) is 0 Å². The smallest absolute Gasteiger partial charge is 0.376 e. The van der Waals surface area contributed by atoms with Crippen LogP contribution in [0.25, 0.3) is 5.69 Å².